The predicted molar refractivity (Wildman–Crippen MR) is 83.6 cm³/mol. The van der Waals surface area contributed by atoms with E-state index in [1.165, 1.54) is 17.7 Å². The van der Waals surface area contributed by atoms with Crippen LogP contribution in [0.15, 0.2) is 48.5 Å². The summed E-state index contributed by atoms with van der Waals surface area (Å²) < 4.78 is 13.3. The van der Waals surface area contributed by atoms with Gasteiger partial charge in [-0.05, 0) is 40.7 Å². The fourth-order valence-corrected chi connectivity index (χ4v) is 2.34. The highest BCUT2D eigenvalue weighted by atomic mass is 19.1. The van der Waals surface area contributed by atoms with Crippen molar-refractivity contribution in [1.82, 2.24) is 0 Å². The molecule has 0 spiro atoms. The van der Waals surface area contributed by atoms with Gasteiger partial charge in [0.1, 0.15) is 5.82 Å². The van der Waals surface area contributed by atoms with Crippen molar-refractivity contribution >= 4 is 0 Å². The molecule has 0 aliphatic carbocycles. The van der Waals surface area contributed by atoms with Crippen molar-refractivity contribution < 1.29 is 4.39 Å². The lowest BCUT2D eigenvalue weighted by atomic mass is 9.85. The Balaban J connectivity index is 2.18. The van der Waals surface area contributed by atoms with E-state index in [9.17, 15) is 9.65 Å². The fourth-order valence-electron chi connectivity index (χ4n) is 2.34. The molecule has 108 valence electrons. The molecule has 1 atom stereocenters. The van der Waals surface area contributed by atoms with E-state index in [1.807, 2.05) is 0 Å². The van der Waals surface area contributed by atoms with Crippen molar-refractivity contribution in [3.05, 3.63) is 71.0 Å². The van der Waals surface area contributed by atoms with Gasteiger partial charge in [0, 0.05) is 0 Å². The zero-order valence-electron chi connectivity index (χ0n) is 12.7. The summed E-state index contributed by atoms with van der Waals surface area (Å²) in [6.45, 7) is 6.52. The van der Waals surface area contributed by atoms with Crippen LogP contribution in [0.1, 0.15) is 43.4 Å². The molecule has 2 heteroatoms. The molecule has 0 aromatic heterocycles. The second-order valence-electron chi connectivity index (χ2n) is 6.39. The van der Waals surface area contributed by atoms with Gasteiger partial charge in [-0.15, -0.1) is 0 Å². The van der Waals surface area contributed by atoms with Crippen LogP contribution < -0.4 is 0 Å². The number of rotatable bonds is 3. The molecule has 0 fully saturated rings. The third kappa shape index (κ3) is 3.92. The van der Waals surface area contributed by atoms with E-state index < -0.39 is 0 Å². The van der Waals surface area contributed by atoms with Gasteiger partial charge >= 0.3 is 0 Å². The lowest BCUT2D eigenvalue weighted by molar-refractivity contribution is 0.590. The molecule has 2 rings (SSSR count). The van der Waals surface area contributed by atoms with Crippen LogP contribution in [0.5, 0.6) is 0 Å². The molecule has 0 aliphatic rings. The van der Waals surface area contributed by atoms with Crippen molar-refractivity contribution in [2.75, 3.05) is 0 Å². The van der Waals surface area contributed by atoms with Gasteiger partial charge in [-0.1, -0.05) is 57.2 Å². The molecule has 0 amide bonds. The van der Waals surface area contributed by atoms with Crippen LogP contribution in [-0.4, -0.2) is 0 Å². The van der Waals surface area contributed by atoms with Gasteiger partial charge in [-0.25, -0.2) is 4.39 Å². The molecular weight excluding hydrogens is 261 g/mol. The molecular formula is C19H20FN. The van der Waals surface area contributed by atoms with Gasteiger partial charge in [-0.2, -0.15) is 5.26 Å². The molecule has 0 saturated heterocycles. The average molecular weight is 281 g/mol. The Morgan fingerprint density at radius 1 is 1.10 bits per heavy atom. The zero-order valence-corrected chi connectivity index (χ0v) is 12.7. The van der Waals surface area contributed by atoms with E-state index in [2.05, 4.69) is 51.1 Å². The van der Waals surface area contributed by atoms with Crippen molar-refractivity contribution in [3.8, 4) is 6.07 Å². The topological polar surface area (TPSA) is 23.8 Å². The number of halogens is 1. The van der Waals surface area contributed by atoms with Crippen LogP contribution in [0.4, 0.5) is 4.39 Å². The molecule has 0 N–H and O–H groups in total. The smallest absolute Gasteiger partial charge is 0.123 e. The largest absolute Gasteiger partial charge is 0.207 e. The number of nitriles is 1. The number of hydrogen-bond acceptors (Lipinski definition) is 1. The zero-order chi connectivity index (χ0) is 15.5. The SMILES string of the molecule is CC(C)(C)c1ccc(CC(C#N)c2cccc(F)c2)cc1. The monoisotopic (exact) mass is 281 g/mol. The second kappa shape index (κ2) is 6.10. The fraction of sp³-hybridized carbons (Fsp3) is 0.316. The summed E-state index contributed by atoms with van der Waals surface area (Å²) in [6, 6.07) is 16.9. The summed E-state index contributed by atoms with van der Waals surface area (Å²) in [5.74, 6) is -0.614. The highest BCUT2D eigenvalue weighted by molar-refractivity contribution is 5.32. The molecule has 1 unspecified atom stereocenters. The lowest BCUT2D eigenvalue weighted by Gasteiger charge is -2.19. The third-order valence-electron chi connectivity index (χ3n) is 3.67. The minimum Gasteiger partial charge on any atom is -0.207 e. The second-order valence-corrected chi connectivity index (χ2v) is 6.39. The Morgan fingerprint density at radius 2 is 1.76 bits per heavy atom. The van der Waals surface area contributed by atoms with Crippen molar-refractivity contribution in [2.45, 2.75) is 38.5 Å². The van der Waals surface area contributed by atoms with Gasteiger partial charge < -0.3 is 0 Å². The number of hydrogen-bond donors (Lipinski definition) is 0. The molecule has 0 aliphatic heterocycles. The molecule has 21 heavy (non-hydrogen) atoms. The third-order valence-corrected chi connectivity index (χ3v) is 3.67. The predicted octanol–water partition coefficient (Wildman–Crippen LogP) is 4.97. The quantitative estimate of drug-likeness (QED) is 0.779. The van der Waals surface area contributed by atoms with Gasteiger partial charge in [0.05, 0.1) is 12.0 Å². The minimum atomic E-state index is -0.318. The molecule has 2 aromatic rings. The normalized spacial score (nSPS) is 12.7. The summed E-state index contributed by atoms with van der Waals surface area (Å²) in [5, 5.41) is 9.34. The van der Waals surface area contributed by atoms with E-state index in [-0.39, 0.29) is 17.2 Å². The Labute approximate surface area is 126 Å². The van der Waals surface area contributed by atoms with Crippen LogP contribution in [0, 0.1) is 17.1 Å². The average Bonchev–Trinajstić information content (AvgIpc) is 2.44. The maximum atomic E-state index is 13.3. The van der Waals surface area contributed by atoms with E-state index in [0.29, 0.717) is 6.42 Å². The molecule has 1 nitrogen and oxygen atoms in total. The molecule has 0 saturated carbocycles. The maximum absolute atomic E-state index is 13.3. The highest BCUT2D eigenvalue weighted by Gasteiger charge is 2.15. The summed E-state index contributed by atoms with van der Waals surface area (Å²) in [7, 11) is 0. The summed E-state index contributed by atoms with van der Waals surface area (Å²) in [4.78, 5) is 0. The van der Waals surface area contributed by atoms with Gasteiger partial charge in [0.2, 0.25) is 0 Å². The first-order chi connectivity index (χ1) is 9.90. The van der Waals surface area contributed by atoms with E-state index in [1.54, 1.807) is 12.1 Å². The minimum absolute atomic E-state index is 0.121. The molecule has 0 heterocycles. The number of nitrogens with zero attached hydrogens (tertiary/aromatic N) is 1. The standard InChI is InChI=1S/C19H20FN/c1-19(2,3)17-9-7-14(8-10-17)11-16(13-21)15-5-4-6-18(20)12-15/h4-10,12,16H,11H2,1-3H3. The van der Waals surface area contributed by atoms with Crippen LogP contribution in [-0.2, 0) is 11.8 Å². The summed E-state index contributed by atoms with van der Waals surface area (Å²) >= 11 is 0. The molecule has 0 bridgehead atoms. The van der Waals surface area contributed by atoms with Crippen LogP contribution in [0.3, 0.4) is 0 Å². The van der Waals surface area contributed by atoms with Gasteiger partial charge in [0.15, 0.2) is 0 Å². The van der Waals surface area contributed by atoms with Crippen molar-refractivity contribution in [3.63, 3.8) is 0 Å². The van der Waals surface area contributed by atoms with E-state index >= 15 is 0 Å². The summed E-state index contributed by atoms with van der Waals surface area (Å²) in [5.41, 5.74) is 3.22. The first-order valence-electron chi connectivity index (χ1n) is 7.14. The summed E-state index contributed by atoms with van der Waals surface area (Å²) in [6.07, 6.45) is 0.602. The molecule has 2 aromatic carbocycles. The maximum Gasteiger partial charge on any atom is 0.123 e. The van der Waals surface area contributed by atoms with E-state index in [0.717, 1.165) is 11.1 Å². The lowest BCUT2D eigenvalue weighted by Crippen LogP contribution is -2.11. The van der Waals surface area contributed by atoms with Crippen LogP contribution in [0.25, 0.3) is 0 Å². The first-order valence-corrected chi connectivity index (χ1v) is 7.14. The van der Waals surface area contributed by atoms with E-state index in [4.69, 9.17) is 0 Å². The van der Waals surface area contributed by atoms with Crippen molar-refractivity contribution in [1.29, 1.82) is 5.26 Å². The Bertz CT molecular complexity index is 645. The Morgan fingerprint density at radius 3 is 2.29 bits per heavy atom. The highest BCUT2D eigenvalue weighted by Crippen LogP contribution is 2.25. The van der Waals surface area contributed by atoms with Crippen LogP contribution >= 0.6 is 0 Å². The van der Waals surface area contributed by atoms with Gasteiger partial charge in [0.25, 0.3) is 0 Å². The molecule has 0 radical (unpaired) electrons. The Kier molecular flexibility index (Phi) is 4.43. The Hall–Kier alpha value is -2.14. The number of benzene rings is 2. The first kappa shape index (κ1) is 15.3. The van der Waals surface area contributed by atoms with Crippen LogP contribution in [0.2, 0.25) is 0 Å². The van der Waals surface area contributed by atoms with Gasteiger partial charge in [-0.3, -0.25) is 0 Å². The van der Waals surface area contributed by atoms with Crippen molar-refractivity contribution in [2.24, 2.45) is 0 Å².